The van der Waals surface area contributed by atoms with Gasteiger partial charge in [0.15, 0.2) is 11.5 Å². The third-order valence-corrected chi connectivity index (χ3v) is 4.56. The lowest BCUT2D eigenvalue weighted by Gasteiger charge is -2.29. The highest BCUT2D eigenvalue weighted by Gasteiger charge is 2.20. The molecule has 6 nitrogen and oxygen atoms in total. The molecule has 0 aliphatic carbocycles. The smallest absolute Gasteiger partial charge is 0.251 e. The van der Waals surface area contributed by atoms with Crippen LogP contribution < -0.4 is 19.5 Å². The molecule has 0 bridgehead atoms. The number of nitrogens with one attached hydrogen (secondary N) is 1. The first-order valence-electron chi connectivity index (χ1n) is 9.62. The quantitative estimate of drug-likeness (QED) is 0.730. The second-order valence-corrected chi connectivity index (χ2v) is 6.56. The van der Waals surface area contributed by atoms with Gasteiger partial charge in [-0.25, -0.2) is 0 Å². The van der Waals surface area contributed by atoms with Gasteiger partial charge in [0.25, 0.3) is 5.91 Å². The second kappa shape index (κ2) is 10.3. The molecule has 0 saturated carbocycles. The standard InChI is InChI=1S/C20H32N2O4/c1-5-24-17-12-16(13-18(25-6-2)19(17)26-7-3)20(23)21-14-15-8-10-22(4)11-9-15/h12-13,15H,5-11,14H2,1-4H3,(H,21,23). The van der Waals surface area contributed by atoms with Crippen LogP contribution in [-0.4, -0.2) is 57.3 Å². The molecule has 1 fully saturated rings. The summed E-state index contributed by atoms with van der Waals surface area (Å²) in [6, 6.07) is 3.47. The first-order chi connectivity index (χ1) is 12.6. The Morgan fingerprint density at radius 1 is 1.04 bits per heavy atom. The number of hydrogen-bond acceptors (Lipinski definition) is 5. The molecular weight excluding hydrogens is 332 g/mol. The molecule has 1 heterocycles. The van der Waals surface area contributed by atoms with Crippen molar-refractivity contribution < 1.29 is 19.0 Å². The zero-order chi connectivity index (χ0) is 18.9. The summed E-state index contributed by atoms with van der Waals surface area (Å²) in [4.78, 5) is 15.0. The molecule has 1 aliphatic heterocycles. The predicted octanol–water partition coefficient (Wildman–Crippen LogP) is 2.95. The molecule has 1 amide bonds. The predicted molar refractivity (Wildman–Crippen MR) is 103 cm³/mol. The largest absolute Gasteiger partial charge is 0.490 e. The maximum absolute atomic E-state index is 12.7. The summed E-state index contributed by atoms with van der Waals surface area (Å²) in [7, 11) is 2.14. The Labute approximate surface area is 156 Å². The maximum Gasteiger partial charge on any atom is 0.251 e. The van der Waals surface area contributed by atoms with Gasteiger partial charge in [-0.1, -0.05) is 0 Å². The first kappa shape index (κ1) is 20.4. The molecule has 1 aromatic rings. The second-order valence-electron chi connectivity index (χ2n) is 6.56. The number of nitrogens with zero attached hydrogens (tertiary/aromatic N) is 1. The summed E-state index contributed by atoms with van der Waals surface area (Å²) < 4.78 is 17.1. The SMILES string of the molecule is CCOc1cc(C(=O)NCC2CCN(C)CC2)cc(OCC)c1OCC. The number of piperidine rings is 1. The van der Waals surface area contributed by atoms with E-state index in [4.69, 9.17) is 14.2 Å². The van der Waals surface area contributed by atoms with E-state index in [0.29, 0.717) is 55.1 Å². The lowest BCUT2D eigenvalue weighted by atomic mass is 9.97. The van der Waals surface area contributed by atoms with Gasteiger partial charge in [0.05, 0.1) is 19.8 Å². The Morgan fingerprint density at radius 3 is 2.08 bits per heavy atom. The minimum atomic E-state index is -0.103. The van der Waals surface area contributed by atoms with Crippen molar-refractivity contribution in [2.45, 2.75) is 33.6 Å². The van der Waals surface area contributed by atoms with E-state index in [-0.39, 0.29) is 5.91 Å². The fraction of sp³-hybridized carbons (Fsp3) is 0.650. The van der Waals surface area contributed by atoms with Gasteiger partial charge in [-0.15, -0.1) is 0 Å². The van der Waals surface area contributed by atoms with Gasteiger partial charge in [0.1, 0.15) is 0 Å². The number of carbonyl (C=O) groups is 1. The van der Waals surface area contributed by atoms with Gasteiger partial charge < -0.3 is 24.4 Å². The Kier molecular flexibility index (Phi) is 8.04. The van der Waals surface area contributed by atoms with Crippen molar-refractivity contribution in [1.29, 1.82) is 0 Å². The van der Waals surface area contributed by atoms with Crippen LogP contribution in [0.5, 0.6) is 17.2 Å². The summed E-state index contributed by atoms with van der Waals surface area (Å²) in [5.41, 5.74) is 0.535. The minimum absolute atomic E-state index is 0.103. The van der Waals surface area contributed by atoms with Gasteiger partial charge in [-0.3, -0.25) is 4.79 Å². The summed E-state index contributed by atoms with van der Waals surface area (Å²) in [6.45, 7) is 10.1. The van der Waals surface area contributed by atoms with Crippen LogP contribution >= 0.6 is 0 Å². The maximum atomic E-state index is 12.7. The van der Waals surface area contributed by atoms with Crippen molar-refractivity contribution >= 4 is 5.91 Å². The van der Waals surface area contributed by atoms with Gasteiger partial charge in [-0.05, 0) is 71.8 Å². The average Bonchev–Trinajstić information content (AvgIpc) is 2.63. The molecule has 6 heteroatoms. The summed E-state index contributed by atoms with van der Waals surface area (Å²) >= 11 is 0. The molecule has 0 unspecified atom stereocenters. The van der Waals surface area contributed by atoms with Crippen molar-refractivity contribution in [3.8, 4) is 17.2 Å². The van der Waals surface area contributed by atoms with Crippen molar-refractivity contribution in [2.75, 3.05) is 46.5 Å². The van der Waals surface area contributed by atoms with E-state index >= 15 is 0 Å². The normalized spacial score (nSPS) is 15.5. The molecule has 0 aromatic heterocycles. The molecule has 2 rings (SSSR count). The van der Waals surface area contributed by atoms with Gasteiger partial charge in [-0.2, -0.15) is 0 Å². The highest BCUT2D eigenvalue weighted by molar-refractivity contribution is 5.95. The van der Waals surface area contributed by atoms with Crippen molar-refractivity contribution in [3.63, 3.8) is 0 Å². The van der Waals surface area contributed by atoms with Gasteiger partial charge >= 0.3 is 0 Å². The van der Waals surface area contributed by atoms with E-state index in [0.717, 1.165) is 25.9 Å². The molecule has 26 heavy (non-hydrogen) atoms. The lowest BCUT2D eigenvalue weighted by Crippen LogP contribution is -2.36. The van der Waals surface area contributed by atoms with E-state index < -0.39 is 0 Å². The Hall–Kier alpha value is -1.95. The minimum Gasteiger partial charge on any atom is -0.490 e. The highest BCUT2D eigenvalue weighted by Crippen LogP contribution is 2.39. The fourth-order valence-electron chi connectivity index (χ4n) is 3.13. The number of rotatable bonds is 9. The van der Waals surface area contributed by atoms with E-state index in [9.17, 15) is 4.79 Å². The molecular formula is C20H32N2O4. The average molecular weight is 364 g/mol. The number of benzene rings is 1. The van der Waals surface area contributed by atoms with E-state index in [1.54, 1.807) is 12.1 Å². The summed E-state index contributed by atoms with van der Waals surface area (Å²) in [6.07, 6.45) is 2.24. The number of likely N-dealkylation sites (tertiary alicyclic amines) is 1. The Bertz CT molecular complexity index is 556. The topological polar surface area (TPSA) is 60.0 Å². The number of amides is 1. The van der Waals surface area contributed by atoms with Crippen LogP contribution in [0.25, 0.3) is 0 Å². The zero-order valence-corrected chi connectivity index (χ0v) is 16.5. The van der Waals surface area contributed by atoms with E-state index in [2.05, 4.69) is 17.3 Å². The Balaban J connectivity index is 2.12. The van der Waals surface area contributed by atoms with Crippen LogP contribution in [-0.2, 0) is 0 Å². The van der Waals surface area contributed by atoms with Crippen molar-refractivity contribution in [2.24, 2.45) is 5.92 Å². The van der Waals surface area contributed by atoms with Crippen molar-refractivity contribution in [1.82, 2.24) is 10.2 Å². The number of hydrogen-bond donors (Lipinski definition) is 1. The zero-order valence-electron chi connectivity index (χ0n) is 16.5. The van der Waals surface area contributed by atoms with Crippen LogP contribution in [0.2, 0.25) is 0 Å². The van der Waals surface area contributed by atoms with Crippen LogP contribution in [0, 0.1) is 5.92 Å². The highest BCUT2D eigenvalue weighted by atomic mass is 16.5. The van der Waals surface area contributed by atoms with Crippen LogP contribution in [0.4, 0.5) is 0 Å². The molecule has 1 aromatic carbocycles. The van der Waals surface area contributed by atoms with E-state index in [1.807, 2.05) is 20.8 Å². The third kappa shape index (κ3) is 5.53. The molecule has 1 aliphatic rings. The fourth-order valence-corrected chi connectivity index (χ4v) is 3.13. The molecule has 0 radical (unpaired) electrons. The van der Waals surface area contributed by atoms with Crippen LogP contribution in [0.3, 0.4) is 0 Å². The van der Waals surface area contributed by atoms with E-state index in [1.165, 1.54) is 0 Å². The van der Waals surface area contributed by atoms with Gasteiger partial charge in [0.2, 0.25) is 5.75 Å². The first-order valence-corrected chi connectivity index (χ1v) is 9.62. The van der Waals surface area contributed by atoms with Gasteiger partial charge in [0, 0.05) is 12.1 Å². The Morgan fingerprint density at radius 2 is 1.58 bits per heavy atom. The molecule has 0 atom stereocenters. The number of carbonyl (C=O) groups excluding carboxylic acids is 1. The molecule has 146 valence electrons. The molecule has 1 saturated heterocycles. The summed E-state index contributed by atoms with van der Waals surface area (Å²) in [5, 5.41) is 3.06. The number of ether oxygens (including phenoxy) is 3. The van der Waals surface area contributed by atoms with Crippen LogP contribution in [0.1, 0.15) is 44.0 Å². The van der Waals surface area contributed by atoms with Crippen molar-refractivity contribution in [3.05, 3.63) is 17.7 Å². The van der Waals surface area contributed by atoms with Crippen LogP contribution in [0.15, 0.2) is 12.1 Å². The lowest BCUT2D eigenvalue weighted by molar-refractivity contribution is 0.0938. The molecule has 0 spiro atoms. The molecule has 1 N–H and O–H groups in total. The summed E-state index contributed by atoms with van der Waals surface area (Å²) in [5.74, 6) is 2.09. The third-order valence-electron chi connectivity index (χ3n) is 4.56. The monoisotopic (exact) mass is 364 g/mol.